The van der Waals surface area contributed by atoms with Gasteiger partial charge in [-0.3, -0.25) is 4.99 Å². The minimum atomic E-state index is -0.621. The number of guanidine groups is 1. The SMILES string of the molecule is CCOCCCNC(=NC)NCc1ccc(O)c(F)c1.I. The molecule has 0 bridgehead atoms. The standard InChI is InChI=1S/C14H22FN3O2.HI/c1-3-20-8-4-7-17-14(16-2)18-10-11-5-6-13(19)12(15)9-11;/h5-6,9,19H,3-4,7-8,10H2,1-2H3,(H2,16,17,18);1H. The first-order valence-electron chi connectivity index (χ1n) is 6.67. The highest BCUT2D eigenvalue weighted by molar-refractivity contribution is 14.0. The second-order valence-electron chi connectivity index (χ2n) is 4.19. The number of phenols is 1. The fraction of sp³-hybridized carbons (Fsp3) is 0.500. The highest BCUT2D eigenvalue weighted by Gasteiger charge is 2.02. The van der Waals surface area contributed by atoms with Crippen molar-refractivity contribution < 1.29 is 14.2 Å². The smallest absolute Gasteiger partial charge is 0.191 e. The van der Waals surface area contributed by atoms with Crippen LogP contribution in [0.1, 0.15) is 18.9 Å². The molecule has 0 spiro atoms. The van der Waals surface area contributed by atoms with Gasteiger partial charge in [-0.25, -0.2) is 4.39 Å². The van der Waals surface area contributed by atoms with E-state index in [9.17, 15) is 4.39 Å². The van der Waals surface area contributed by atoms with E-state index < -0.39 is 5.82 Å². The molecule has 1 aromatic rings. The Balaban J connectivity index is 0.00000400. The Labute approximate surface area is 142 Å². The van der Waals surface area contributed by atoms with Gasteiger partial charge in [0.1, 0.15) is 0 Å². The molecular formula is C14H23FIN3O2. The van der Waals surface area contributed by atoms with Crippen LogP contribution in [0.4, 0.5) is 4.39 Å². The Bertz CT molecular complexity index is 444. The molecule has 0 saturated heterocycles. The van der Waals surface area contributed by atoms with Crippen molar-refractivity contribution in [2.45, 2.75) is 19.9 Å². The molecule has 1 aromatic carbocycles. The minimum Gasteiger partial charge on any atom is -0.505 e. The number of benzene rings is 1. The Kier molecular flexibility index (Phi) is 11.0. The van der Waals surface area contributed by atoms with Crippen molar-refractivity contribution in [3.05, 3.63) is 29.6 Å². The highest BCUT2D eigenvalue weighted by atomic mass is 127. The van der Waals surface area contributed by atoms with E-state index in [1.807, 2.05) is 6.92 Å². The van der Waals surface area contributed by atoms with Crippen LogP contribution in [0.15, 0.2) is 23.2 Å². The average Bonchev–Trinajstić information content (AvgIpc) is 2.45. The Morgan fingerprint density at radius 2 is 2.14 bits per heavy atom. The van der Waals surface area contributed by atoms with Crippen molar-refractivity contribution in [2.75, 3.05) is 26.8 Å². The molecule has 0 aliphatic rings. The van der Waals surface area contributed by atoms with Crippen LogP contribution >= 0.6 is 24.0 Å². The van der Waals surface area contributed by atoms with Crippen molar-refractivity contribution >= 4 is 29.9 Å². The van der Waals surface area contributed by atoms with Crippen molar-refractivity contribution in [1.29, 1.82) is 0 Å². The molecule has 0 aliphatic carbocycles. The summed E-state index contributed by atoms with van der Waals surface area (Å²) in [4.78, 5) is 4.07. The van der Waals surface area contributed by atoms with Crippen LogP contribution in [0.5, 0.6) is 5.75 Å². The molecule has 1 rings (SSSR count). The predicted octanol–water partition coefficient (Wildman–Crippen LogP) is 2.24. The van der Waals surface area contributed by atoms with Gasteiger partial charge in [-0.1, -0.05) is 6.07 Å². The minimum absolute atomic E-state index is 0. The summed E-state index contributed by atoms with van der Waals surface area (Å²) in [7, 11) is 1.68. The zero-order valence-corrected chi connectivity index (χ0v) is 14.7. The first kappa shape index (κ1) is 19.9. The molecule has 0 aliphatic heterocycles. The number of nitrogens with one attached hydrogen (secondary N) is 2. The van der Waals surface area contributed by atoms with E-state index >= 15 is 0 Å². The van der Waals surface area contributed by atoms with Gasteiger partial charge in [0, 0.05) is 33.4 Å². The molecule has 7 heteroatoms. The van der Waals surface area contributed by atoms with Gasteiger partial charge in [0.2, 0.25) is 0 Å². The number of hydrogen-bond donors (Lipinski definition) is 3. The van der Waals surface area contributed by atoms with E-state index in [1.54, 1.807) is 13.1 Å². The lowest BCUT2D eigenvalue weighted by molar-refractivity contribution is 0.145. The third-order valence-corrected chi connectivity index (χ3v) is 2.66. The normalized spacial score (nSPS) is 10.9. The molecular weight excluding hydrogens is 388 g/mol. The number of ether oxygens (including phenoxy) is 1. The third kappa shape index (κ3) is 8.05. The van der Waals surface area contributed by atoms with Gasteiger partial charge < -0.3 is 20.5 Å². The summed E-state index contributed by atoms with van der Waals surface area (Å²) in [5.41, 5.74) is 0.734. The predicted molar refractivity (Wildman–Crippen MR) is 92.8 cm³/mol. The number of halogens is 2. The lowest BCUT2D eigenvalue weighted by atomic mass is 10.2. The van der Waals surface area contributed by atoms with Crippen molar-refractivity contribution in [2.24, 2.45) is 4.99 Å². The molecule has 3 N–H and O–H groups in total. The Hall–Kier alpha value is -1.09. The quantitative estimate of drug-likeness (QED) is 0.279. The number of aromatic hydroxyl groups is 1. The monoisotopic (exact) mass is 411 g/mol. The molecule has 0 unspecified atom stereocenters. The zero-order chi connectivity index (χ0) is 14.8. The fourth-order valence-corrected chi connectivity index (χ4v) is 1.59. The molecule has 0 heterocycles. The first-order chi connectivity index (χ1) is 9.67. The maximum atomic E-state index is 13.2. The van der Waals surface area contributed by atoms with Gasteiger partial charge in [-0.2, -0.15) is 0 Å². The van der Waals surface area contributed by atoms with Gasteiger partial charge in [-0.15, -0.1) is 24.0 Å². The lowest BCUT2D eigenvalue weighted by Gasteiger charge is -2.12. The maximum absolute atomic E-state index is 13.2. The highest BCUT2D eigenvalue weighted by Crippen LogP contribution is 2.15. The van der Waals surface area contributed by atoms with Crippen LogP contribution in [0, 0.1) is 5.82 Å². The molecule has 0 atom stereocenters. The van der Waals surface area contributed by atoms with Crippen LogP contribution in [-0.4, -0.2) is 37.9 Å². The van der Waals surface area contributed by atoms with Crippen LogP contribution in [-0.2, 0) is 11.3 Å². The van der Waals surface area contributed by atoms with E-state index in [-0.39, 0.29) is 29.7 Å². The number of phenolic OH excluding ortho intramolecular Hbond substituents is 1. The Morgan fingerprint density at radius 3 is 2.76 bits per heavy atom. The van der Waals surface area contributed by atoms with Gasteiger partial charge in [0.25, 0.3) is 0 Å². The lowest BCUT2D eigenvalue weighted by Crippen LogP contribution is -2.37. The summed E-state index contributed by atoms with van der Waals surface area (Å²) in [5, 5.41) is 15.3. The average molecular weight is 411 g/mol. The van der Waals surface area contributed by atoms with Crippen LogP contribution in [0.3, 0.4) is 0 Å². The molecule has 0 aromatic heterocycles. The summed E-state index contributed by atoms with van der Waals surface area (Å²) in [6.07, 6.45) is 0.891. The largest absolute Gasteiger partial charge is 0.505 e. The summed E-state index contributed by atoms with van der Waals surface area (Å²) < 4.78 is 18.4. The first-order valence-corrected chi connectivity index (χ1v) is 6.67. The van der Waals surface area contributed by atoms with Crippen molar-refractivity contribution in [1.82, 2.24) is 10.6 Å². The van der Waals surface area contributed by atoms with Gasteiger partial charge in [-0.05, 0) is 31.0 Å². The molecule has 0 amide bonds. The zero-order valence-electron chi connectivity index (χ0n) is 12.4. The van der Waals surface area contributed by atoms with Crippen molar-refractivity contribution in [3.8, 4) is 5.75 Å². The van der Waals surface area contributed by atoms with E-state index in [1.165, 1.54) is 12.1 Å². The van der Waals surface area contributed by atoms with Crippen LogP contribution in [0.25, 0.3) is 0 Å². The summed E-state index contributed by atoms with van der Waals surface area (Å²) in [6.45, 7) is 4.58. The van der Waals surface area contributed by atoms with Crippen LogP contribution < -0.4 is 10.6 Å². The van der Waals surface area contributed by atoms with Gasteiger partial charge >= 0.3 is 0 Å². The Morgan fingerprint density at radius 1 is 1.38 bits per heavy atom. The number of rotatable bonds is 7. The second kappa shape index (κ2) is 11.6. The summed E-state index contributed by atoms with van der Waals surface area (Å²) >= 11 is 0. The van der Waals surface area contributed by atoms with E-state index in [4.69, 9.17) is 9.84 Å². The van der Waals surface area contributed by atoms with E-state index in [0.29, 0.717) is 19.1 Å². The van der Waals surface area contributed by atoms with Gasteiger partial charge in [0.15, 0.2) is 17.5 Å². The third-order valence-electron chi connectivity index (χ3n) is 2.66. The molecule has 0 radical (unpaired) electrons. The summed E-state index contributed by atoms with van der Waals surface area (Å²) in [6, 6.07) is 4.29. The molecule has 0 fully saturated rings. The molecule has 0 saturated carbocycles. The van der Waals surface area contributed by atoms with Crippen molar-refractivity contribution in [3.63, 3.8) is 0 Å². The number of nitrogens with zero attached hydrogens (tertiary/aromatic N) is 1. The molecule has 5 nitrogen and oxygen atoms in total. The van der Waals surface area contributed by atoms with Crippen LogP contribution in [0.2, 0.25) is 0 Å². The van der Waals surface area contributed by atoms with Gasteiger partial charge in [0.05, 0.1) is 0 Å². The summed E-state index contributed by atoms with van der Waals surface area (Å²) in [5.74, 6) is -0.314. The fourth-order valence-electron chi connectivity index (χ4n) is 1.59. The number of aliphatic imine (C=N–C) groups is 1. The maximum Gasteiger partial charge on any atom is 0.191 e. The molecule has 120 valence electrons. The molecule has 21 heavy (non-hydrogen) atoms. The second-order valence-corrected chi connectivity index (χ2v) is 4.19. The number of hydrogen-bond acceptors (Lipinski definition) is 3. The van der Waals surface area contributed by atoms with E-state index in [0.717, 1.165) is 25.1 Å². The topological polar surface area (TPSA) is 65.9 Å². The van der Waals surface area contributed by atoms with E-state index in [2.05, 4.69) is 15.6 Å².